The number of nitrogens with two attached hydrogens (primary N) is 2. The van der Waals surface area contributed by atoms with E-state index in [1.54, 1.807) is 0 Å². The average Bonchev–Trinajstić information content (AvgIpc) is 2.26. The minimum Gasteiger partial charge on any atom is -0.409 e. The number of hydrogen-bond donors (Lipinski definition) is 3. The predicted molar refractivity (Wildman–Crippen MR) is 68.4 cm³/mol. The molecule has 0 amide bonds. The van der Waals surface area contributed by atoms with Crippen molar-refractivity contribution >= 4 is 63.1 Å². The van der Waals surface area contributed by atoms with Crippen LogP contribution >= 0.6 is 46.4 Å². The number of nitrogens with zero attached hydrogens (tertiary/aromatic N) is 3. The van der Waals surface area contributed by atoms with E-state index >= 15 is 0 Å². The van der Waals surface area contributed by atoms with Gasteiger partial charge in [-0.2, -0.15) is 0 Å². The molecule has 92 valence electrons. The highest BCUT2D eigenvalue weighted by atomic mass is 35.5. The van der Waals surface area contributed by atoms with Crippen LogP contribution in [0.2, 0.25) is 5.15 Å². The number of aromatic nitrogens is 2. The van der Waals surface area contributed by atoms with Gasteiger partial charge < -0.3 is 16.7 Å². The average molecular weight is 317 g/mol. The van der Waals surface area contributed by atoms with Gasteiger partial charge in [0.25, 0.3) is 0 Å². The second kappa shape index (κ2) is 5.59. The second-order valence-electron chi connectivity index (χ2n) is 2.66. The summed E-state index contributed by atoms with van der Waals surface area (Å²) in [7, 11) is 0. The monoisotopic (exact) mass is 315 g/mol. The van der Waals surface area contributed by atoms with E-state index in [1.165, 1.54) is 0 Å². The number of oxime groups is 1. The number of anilines is 1. The van der Waals surface area contributed by atoms with Gasteiger partial charge in [-0.25, -0.2) is 9.97 Å². The molecule has 5 N–H and O–H groups in total. The van der Waals surface area contributed by atoms with Gasteiger partial charge in [-0.05, 0) is 0 Å². The number of rotatable bonds is 2. The van der Waals surface area contributed by atoms with E-state index in [9.17, 15) is 0 Å². The summed E-state index contributed by atoms with van der Waals surface area (Å²) in [4.78, 5) is 7.47. The molecule has 1 rings (SSSR count). The maximum atomic E-state index is 8.46. The van der Waals surface area contributed by atoms with Crippen molar-refractivity contribution in [1.29, 1.82) is 0 Å². The lowest BCUT2D eigenvalue weighted by molar-refractivity contribution is 0.318. The van der Waals surface area contributed by atoms with Gasteiger partial charge in [0, 0.05) is 0 Å². The van der Waals surface area contributed by atoms with Crippen molar-refractivity contribution in [2.75, 3.05) is 5.73 Å². The zero-order valence-electron chi connectivity index (χ0n) is 7.96. The first-order chi connectivity index (χ1) is 7.88. The Hall–Kier alpha value is -0.950. The predicted octanol–water partition coefficient (Wildman–Crippen LogP) is 2.15. The Morgan fingerprint density at radius 3 is 2.24 bits per heavy atom. The van der Waals surface area contributed by atoms with E-state index in [-0.39, 0.29) is 37.7 Å². The summed E-state index contributed by atoms with van der Waals surface area (Å²) < 4.78 is -0.236. The summed E-state index contributed by atoms with van der Waals surface area (Å²) in [5.74, 6) is -0.591. The molecule has 0 saturated heterocycles. The Kier molecular flexibility index (Phi) is 4.64. The van der Waals surface area contributed by atoms with Crippen molar-refractivity contribution < 1.29 is 5.21 Å². The number of halogens is 4. The van der Waals surface area contributed by atoms with Gasteiger partial charge >= 0.3 is 0 Å². The zero-order valence-corrected chi connectivity index (χ0v) is 11.0. The van der Waals surface area contributed by atoms with E-state index in [2.05, 4.69) is 15.1 Å². The quantitative estimate of drug-likeness (QED) is 0.254. The first-order valence-electron chi connectivity index (χ1n) is 3.90. The largest absolute Gasteiger partial charge is 0.409 e. The standard InChI is InChI=1S/C7H5Cl4N5O/c8-2(3(9)10)1-4(11)14-7(6(13)16-17)15-5(1)12/h17H,(H2,13,16)(H2,12,14,15). The molecule has 10 heteroatoms. The van der Waals surface area contributed by atoms with E-state index in [0.717, 1.165) is 0 Å². The molecule has 1 heterocycles. The molecule has 0 aliphatic rings. The molecule has 0 radical (unpaired) electrons. The fraction of sp³-hybridized carbons (Fsp3) is 0. The summed E-state index contributed by atoms with van der Waals surface area (Å²) in [6.45, 7) is 0. The fourth-order valence-corrected chi connectivity index (χ4v) is 1.60. The molecule has 1 aromatic rings. The molecule has 0 bridgehead atoms. The van der Waals surface area contributed by atoms with Gasteiger partial charge in [-0.1, -0.05) is 51.6 Å². The third kappa shape index (κ3) is 3.04. The highest BCUT2D eigenvalue weighted by Gasteiger charge is 2.17. The summed E-state index contributed by atoms with van der Waals surface area (Å²) >= 11 is 22.6. The SMILES string of the molecule is N/C(=N/O)c1nc(N)c(C(Cl)=C(Cl)Cl)c(Cl)n1. The van der Waals surface area contributed by atoms with Gasteiger partial charge in [0.15, 0.2) is 0 Å². The van der Waals surface area contributed by atoms with Gasteiger partial charge in [0.2, 0.25) is 11.7 Å². The Morgan fingerprint density at radius 2 is 1.82 bits per heavy atom. The molecule has 0 aliphatic carbocycles. The van der Waals surface area contributed by atoms with Crippen molar-refractivity contribution in [3.63, 3.8) is 0 Å². The number of nitrogen functional groups attached to an aromatic ring is 1. The van der Waals surface area contributed by atoms with Crippen LogP contribution in [0.3, 0.4) is 0 Å². The van der Waals surface area contributed by atoms with Crippen molar-refractivity contribution in [2.45, 2.75) is 0 Å². The topological polar surface area (TPSA) is 110 Å². The van der Waals surface area contributed by atoms with Crippen molar-refractivity contribution in [3.05, 3.63) is 21.0 Å². The molecule has 0 unspecified atom stereocenters. The number of amidine groups is 1. The van der Waals surface area contributed by atoms with Crippen LogP contribution in [0.1, 0.15) is 11.4 Å². The lowest BCUT2D eigenvalue weighted by Crippen LogP contribution is -2.18. The van der Waals surface area contributed by atoms with Crippen LogP contribution in [0, 0.1) is 0 Å². The van der Waals surface area contributed by atoms with Crippen LogP contribution < -0.4 is 11.5 Å². The highest BCUT2D eigenvalue weighted by molar-refractivity contribution is 6.67. The van der Waals surface area contributed by atoms with Gasteiger partial charge in [0.05, 0.1) is 10.6 Å². The Balaban J connectivity index is 3.45. The maximum Gasteiger partial charge on any atom is 0.208 e. The maximum absolute atomic E-state index is 8.46. The lowest BCUT2D eigenvalue weighted by atomic mass is 10.3. The molecule has 0 fully saturated rings. The van der Waals surface area contributed by atoms with Crippen molar-refractivity contribution in [2.24, 2.45) is 10.9 Å². The Morgan fingerprint density at radius 1 is 1.24 bits per heavy atom. The smallest absolute Gasteiger partial charge is 0.208 e. The highest BCUT2D eigenvalue weighted by Crippen LogP contribution is 2.34. The minimum absolute atomic E-state index is 0.0721. The molecule has 0 aromatic carbocycles. The fourth-order valence-electron chi connectivity index (χ4n) is 0.906. The van der Waals surface area contributed by atoms with Crippen LogP contribution in [0.15, 0.2) is 9.65 Å². The van der Waals surface area contributed by atoms with Crippen LogP contribution in [0.4, 0.5) is 5.82 Å². The lowest BCUT2D eigenvalue weighted by Gasteiger charge is -2.07. The summed E-state index contributed by atoms with van der Waals surface area (Å²) in [5.41, 5.74) is 10.9. The molecule has 1 aromatic heterocycles. The van der Waals surface area contributed by atoms with Crippen molar-refractivity contribution in [3.8, 4) is 0 Å². The Bertz CT molecular complexity index is 488. The summed E-state index contributed by atoms with van der Waals surface area (Å²) in [6, 6.07) is 0. The van der Waals surface area contributed by atoms with Crippen LogP contribution in [0.25, 0.3) is 5.03 Å². The van der Waals surface area contributed by atoms with Crippen LogP contribution in [0.5, 0.6) is 0 Å². The van der Waals surface area contributed by atoms with Gasteiger partial charge in [-0.3, -0.25) is 0 Å². The van der Waals surface area contributed by atoms with Crippen LogP contribution in [-0.4, -0.2) is 21.0 Å². The minimum atomic E-state index is -0.345. The summed E-state index contributed by atoms with van der Waals surface area (Å²) in [5, 5.41) is 10.9. The van der Waals surface area contributed by atoms with E-state index in [4.69, 9.17) is 63.1 Å². The van der Waals surface area contributed by atoms with Gasteiger partial charge in [0.1, 0.15) is 15.5 Å². The van der Waals surface area contributed by atoms with E-state index in [0.29, 0.717) is 0 Å². The van der Waals surface area contributed by atoms with Crippen LogP contribution in [-0.2, 0) is 0 Å². The van der Waals surface area contributed by atoms with Crippen molar-refractivity contribution in [1.82, 2.24) is 9.97 Å². The molecule has 0 atom stereocenters. The molecular formula is C7H5Cl4N5O. The molecule has 0 saturated carbocycles. The third-order valence-electron chi connectivity index (χ3n) is 1.62. The summed E-state index contributed by atoms with van der Waals surface area (Å²) in [6.07, 6.45) is 0. The zero-order chi connectivity index (χ0) is 13.2. The third-order valence-corrected chi connectivity index (χ3v) is 2.84. The molecule has 0 spiro atoms. The second-order valence-corrected chi connectivity index (χ2v) is 4.34. The Labute approximate surface area is 116 Å². The first kappa shape index (κ1) is 14.1. The molecule has 6 nitrogen and oxygen atoms in total. The first-order valence-corrected chi connectivity index (χ1v) is 5.41. The molecule has 0 aliphatic heterocycles. The number of hydrogen-bond acceptors (Lipinski definition) is 5. The van der Waals surface area contributed by atoms with Gasteiger partial charge in [-0.15, -0.1) is 0 Å². The van der Waals surface area contributed by atoms with E-state index < -0.39 is 0 Å². The van der Waals surface area contributed by atoms with E-state index in [1.807, 2.05) is 0 Å². The molecule has 17 heavy (non-hydrogen) atoms. The molecular weight excluding hydrogens is 312 g/mol. The normalized spacial score (nSPS) is 11.4.